The zero-order valence-corrected chi connectivity index (χ0v) is 22.5. The second-order valence-corrected chi connectivity index (χ2v) is 10.1. The summed E-state index contributed by atoms with van der Waals surface area (Å²) in [6, 6.07) is 23.1. The molecule has 0 bridgehead atoms. The molecule has 0 aliphatic heterocycles. The van der Waals surface area contributed by atoms with Crippen molar-refractivity contribution in [3.8, 4) is 23.0 Å². The summed E-state index contributed by atoms with van der Waals surface area (Å²) < 4.78 is 51.3. The van der Waals surface area contributed by atoms with Gasteiger partial charge < -0.3 is 0 Å². The fourth-order valence-corrected chi connectivity index (χ4v) is 5.57. The summed E-state index contributed by atoms with van der Waals surface area (Å²) in [5.41, 5.74) is 3.53. The van der Waals surface area contributed by atoms with E-state index in [1.54, 1.807) is 4.57 Å². The van der Waals surface area contributed by atoms with Crippen molar-refractivity contribution in [2.24, 2.45) is 0 Å². The number of aromatic nitrogens is 4. The van der Waals surface area contributed by atoms with Crippen molar-refractivity contribution in [1.29, 1.82) is 0 Å². The molecule has 0 fully saturated rings. The molecule has 0 aliphatic carbocycles. The number of hydrogen-bond donors (Lipinski definition) is 0. The Morgan fingerprint density at radius 1 is 0.868 bits per heavy atom. The van der Waals surface area contributed by atoms with Crippen molar-refractivity contribution in [3.63, 3.8) is 0 Å². The maximum absolute atomic E-state index is 13.5. The van der Waals surface area contributed by atoms with Gasteiger partial charge in [0.2, 0.25) is 0 Å². The third kappa shape index (κ3) is 4.19. The predicted octanol–water partition coefficient (Wildman–Crippen LogP) is 6.96. The van der Waals surface area contributed by atoms with Crippen molar-refractivity contribution in [2.75, 3.05) is 0 Å². The first-order valence-corrected chi connectivity index (χ1v) is 12.9. The monoisotopic (exact) mass is 692 g/mol. The van der Waals surface area contributed by atoms with E-state index < -0.39 is 11.7 Å². The van der Waals surface area contributed by atoms with Gasteiger partial charge in [0, 0.05) is 0 Å². The van der Waals surface area contributed by atoms with Crippen molar-refractivity contribution in [2.45, 2.75) is 20.0 Å². The SMILES string of the molecule is Cc1cc(C)n(-c2cccc(Oc3ccc4c5ccccc5n(-c5cc(C(F)(F)F)ccn5)c4[c]3[Pt])c2)n1. The van der Waals surface area contributed by atoms with E-state index in [0.29, 0.717) is 11.5 Å². The van der Waals surface area contributed by atoms with Crippen LogP contribution in [-0.2, 0) is 26.0 Å². The van der Waals surface area contributed by atoms with Crippen LogP contribution in [0, 0.1) is 13.8 Å². The average Bonchev–Trinajstić information content (AvgIpc) is 3.42. The van der Waals surface area contributed by atoms with Gasteiger partial charge in [-0.25, -0.2) is 0 Å². The van der Waals surface area contributed by atoms with E-state index in [1.807, 2.05) is 85.3 Å². The summed E-state index contributed by atoms with van der Waals surface area (Å²) in [7, 11) is 0. The molecule has 3 aromatic heterocycles. The second kappa shape index (κ2) is 9.14. The first-order chi connectivity index (χ1) is 18.2. The van der Waals surface area contributed by atoms with E-state index >= 15 is 0 Å². The first kappa shape index (κ1) is 24.4. The van der Waals surface area contributed by atoms with E-state index in [-0.39, 0.29) is 5.82 Å². The van der Waals surface area contributed by atoms with Crippen LogP contribution in [0.2, 0.25) is 0 Å². The Hall–Kier alpha value is -3.90. The van der Waals surface area contributed by atoms with Gasteiger partial charge in [-0.05, 0) is 0 Å². The van der Waals surface area contributed by atoms with Gasteiger partial charge in [-0.2, -0.15) is 0 Å². The summed E-state index contributed by atoms with van der Waals surface area (Å²) >= 11 is 2.17. The second-order valence-electron chi connectivity index (χ2n) is 8.93. The molecule has 9 heteroatoms. The van der Waals surface area contributed by atoms with Crippen LogP contribution >= 0.6 is 0 Å². The van der Waals surface area contributed by atoms with E-state index in [4.69, 9.17) is 4.74 Å². The molecule has 6 rings (SSSR count). The zero-order valence-electron chi connectivity index (χ0n) is 20.2. The predicted molar refractivity (Wildman–Crippen MR) is 136 cm³/mol. The topological polar surface area (TPSA) is 44.9 Å². The van der Waals surface area contributed by atoms with Gasteiger partial charge in [-0.3, -0.25) is 0 Å². The summed E-state index contributed by atoms with van der Waals surface area (Å²) in [6.07, 6.45) is -3.29. The van der Waals surface area contributed by atoms with Crippen molar-refractivity contribution >= 4 is 25.8 Å². The van der Waals surface area contributed by atoms with E-state index in [2.05, 4.69) is 29.9 Å². The van der Waals surface area contributed by atoms with Crippen LogP contribution in [0.4, 0.5) is 13.2 Å². The van der Waals surface area contributed by atoms with Gasteiger partial charge in [0.1, 0.15) is 0 Å². The molecule has 0 amide bonds. The number of aryl methyl sites for hydroxylation is 2. The van der Waals surface area contributed by atoms with Crippen molar-refractivity contribution in [3.05, 3.63) is 102 Å². The van der Waals surface area contributed by atoms with E-state index in [1.165, 1.54) is 6.20 Å². The number of benzene rings is 3. The van der Waals surface area contributed by atoms with Crippen LogP contribution < -0.4 is 8.69 Å². The van der Waals surface area contributed by atoms with Gasteiger partial charge in [-0.15, -0.1) is 0 Å². The number of ether oxygens (including phenoxy) is 1. The molecular weight excluding hydrogens is 672 g/mol. The zero-order chi connectivity index (χ0) is 26.6. The van der Waals surface area contributed by atoms with Crippen LogP contribution in [0.1, 0.15) is 17.0 Å². The number of fused-ring (bicyclic) bond motifs is 3. The minimum absolute atomic E-state index is 0.188. The number of para-hydroxylation sites is 1. The number of hydrogen-bond acceptors (Lipinski definition) is 3. The van der Waals surface area contributed by atoms with Crippen LogP contribution in [0.3, 0.4) is 0 Å². The fraction of sp³-hybridized carbons (Fsp3) is 0.103. The molecular formula is C29H20F3N4OPt. The Kier molecular flexibility index (Phi) is 5.87. The number of halogens is 3. The Balaban J connectivity index is 1.51. The molecule has 6 aromatic rings. The number of pyridine rings is 1. The molecule has 0 unspecified atom stereocenters. The molecule has 0 saturated carbocycles. The standard InChI is InChI=1S/C29H20F3N4O.Pt/c1-18-14-19(2)36(34-18)21-6-5-7-22(16-21)37-23-10-11-25-24-8-3-4-9-26(24)35(27(25)17-23)28-15-20(12-13-33-28)29(30,31)32;/h3-16H,1-2H3;. The molecule has 193 valence electrons. The van der Waals surface area contributed by atoms with Crippen LogP contribution in [0.5, 0.6) is 11.5 Å². The first-order valence-electron chi connectivity index (χ1n) is 11.7. The average molecular weight is 693 g/mol. The van der Waals surface area contributed by atoms with Gasteiger partial charge in [-0.1, -0.05) is 0 Å². The van der Waals surface area contributed by atoms with Crippen molar-refractivity contribution in [1.82, 2.24) is 19.3 Å². The van der Waals surface area contributed by atoms with E-state index in [0.717, 1.165) is 55.0 Å². The van der Waals surface area contributed by atoms with E-state index in [9.17, 15) is 13.2 Å². The van der Waals surface area contributed by atoms with Crippen LogP contribution in [-0.4, -0.2) is 19.3 Å². The fourth-order valence-electron chi connectivity index (χ4n) is 4.71. The molecule has 0 saturated heterocycles. The molecule has 3 heterocycles. The molecule has 5 nitrogen and oxygen atoms in total. The molecule has 0 atom stereocenters. The van der Waals surface area contributed by atoms with Crippen molar-refractivity contribution < 1.29 is 37.7 Å². The third-order valence-electron chi connectivity index (χ3n) is 6.31. The molecule has 38 heavy (non-hydrogen) atoms. The summed E-state index contributed by atoms with van der Waals surface area (Å²) in [4.78, 5) is 4.32. The molecule has 3 aromatic carbocycles. The van der Waals surface area contributed by atoms with Gasteiger partial charge in [0.25, 0.3) is 0 Å². The normalized spacial score (nSPS) is 12.0. The summed E-state index contributed by atoms with van der Waals surface area (Å²) in [5.74, 6) is 1.39. The quantitative estimate of drug-likeness (QED) is 0.201. The molecule has 0 aliphatic rings. The Labute approximate surface area is 227 Å². The Morgan fingerprint density at radius 3 is 2.45 bits per heavy atom. The maximum atomic E-state index is 13.5. The van der Waals surface area contributed by atoms with Gasteiger partial charge in [0.05, 0.1) is 0 Å². The number of alkyl halides is 3. The summed E-state index contributed by atoms with van der Waals surface area (Å²) in [5, 5.41) is 6.36. The number of nitrogens with zero attached hydrogens (tertiary/aromatic N) is 4. The third-order valence-corrected chi connectivity index (χ3v) is 7.41. The Morgan fingerprint density at radius 2 is 1.68 bits per heavy atom. The van der Waals surface area contributed by atoms with Crippen LogP contribution in [0.25, 0.3) is 33.3 Å². The summed E-state index contributed by atoms with van der Waals surface area (Å²) in [6.45, 7) is 3.94. The van der Waals surface area contributed by atoms with Gasteiger partial charge in [0.15, 0.2) is 0 Å². The molecule has 0 radical (unpaired) electrons. The number of rotatable bonds is 4. The van der Waals surface area contributed by atoms with Crippen LogP contribution in [0.15, 0.2) is 85.1 Å². The minimum atomic E-state index is -4.48. The molecule has 0 spiro atoms. The van der Waals surface area contributed by atoms with Gasteiger partial charge >= 0.3 is 228 Å². The molecule has 0 N–H and O–H groups in total. The Bertz CT molecular complexity index is 1840.